The molecular formula is C20H13FN4OS. The number of hydrogen-bond donors (Lipinski definition) is 1. The quantitative estimate of drug-likeness (QED) is 0.514. The number of rotatable bonds is 3. The molecule has 3 aromatic heterocycles. The average molecular weight is 376 g/mol. The second-order valence-electron chi connectivity index (χ2n) is 6.21. The van der Waals surface area contributed by atoms with E-state index in [9.17, 15) is 9.18 Å². The number of imidazole rings is 1. The van der Waals surface area contributed by atoms with Gasteiger partial charge in [-0.3, -0.25) is 9.36 Å². The number of thiophene rings is 1. The van der Waals surface area contributed by atoms with E-state index < -0.39 is 0 Å². The van der Waals surface area contributed by atoms with Crippen LogP contribution in [0, 0.1) is 5.82 Å². The van der Waals surface area contributed by atoms with Crippen molar-refractivity contribution in [3.05, 3.63) is 82.9 Å². The Kier molecular flexibility index (Phi) is 3.61. The molecule has 0 spiro atoms. The molecule has 5 nitrogen and oxygen atoms in total. The molecule has 0 aliphatic carbocycles. The Labute approximate surface area is 156 Å². The van der Waals surface area contributed by atoms with Crippen molar-refractivity contribution in [2.45, 2.75) is 6.54 Å². The lowest BCUT2D eigenvalue weighted by Gasteiger charge is -2.01. The number of halogens is 1. The number of nitrogens with one attached hydrogen (secondary N) is 1. The maximum atomic E-state index is 13.1. The molecule has 0 radical (unpaired) electrons. The number of aromatic amines is 1. The number of hydrogen-bond acceptors (Lipinski definition) is 4. The van der Waals surface area contributed by atoms with Crippen molar-refractivity contribution in [1.82, 2.24) is 19.5 Å². The zero-order valence-electron chi connectivity index (χ0n) is 14.0. The minimum absolute atomic E-state index is 0.112. The van der Waals surface area contributed by atoms with Gasteiger partial charge in [-0.1, -0.05) is 24.3 Å². The van der Waals surface area contributed by atoms with Gasteiger partial charge in [0.15, 0.2) is 0 Å². The van der Waals surface area contributed by atoms with Crippen molar-refractivity contribution in [1.29, 1.82) is 0 Å². The molecule has 5 aromatic rings. The molecule has 7 heteroatoms. The summed E-state index contributed by atoms with van der Waals surface area (Å²) >= 11 is 1.36. The van der Waals surface area contributed by atoms with Crippen LogP contribution in [0.5, 0.6) is 0 Å². The van der Waals surface area contributed by atoms with Crippen LogP contribution in [0.4, 0.5) is 4.39 Å². The van der Waals surface area contributed by atoms with Crippen LogP contribution in [0.2, 0.25) is 0 Å². The molecule has 0 bridgehead atoms. The highest BCUT2D eigenvalue weighted by atomic mass is 32.1. The van der Waals surface area contributed by atoms with E-state index in [2.05, 4.69) is 15.0 Å². The Balaban J connectivity index is 1.54. The molecule has 0 amide bonds. The predicted molar refractivity (Wildman–Crippen MR) is 104 cm³/mol. The number of fused-ring (bicyclic) bond motifs is 2. The Morgan fingerprint density at radius 3 is 2.70 bits per heavy atom. The van der Waals surface area contributed by atoms with Gasteiger partial charge in [-0.15, -0.1) is 11.3 Å². The molecule has 0 atom stereocenters. The lowest BCUT2D eigenvalue weighted by molar-refractivity contribution is 0.628. The van der Waals surface area contributed by atoms with Gasteiger partial charge < -0.3 is 4.98 Å². The summed E-state index contributed by atoms with van der Waals surface area (Å²) in [5.74, 6) is 0.418. The molecule has 5 rings (SSSR count). The minimum atomic E-state index is -0.286. The Bertz CT molecular complexity index is 1300. The number of H-pyrrole nitrogens is 1. The van der Waals surface area contributed by atoms with Crippen molar-refractivity contribution >= 4 is 32.6 Å². The number of nitrogens with zero attached hydrogens (tertiary/aromatic N) is 3. The molecule has 0 unspecified atom stereocenters. The summed E-state index contributed by atoms with van der Waals surface area (Å²) in [6.07, 6.45) is 1.54. The zero-order chi connectivity index (χ0) is 18.4. The molecular weight excluding hydrogens is 363 g/mol. The second-order valence-corrected chi connectivity index (χ2v) is 7.26. The van der Waals surface area contributed by atoms with E-state index in [4.69, 9.17) is 0 Å². The summed E-state index contributed by atoms with van der Waals surface area (Å²) in [5.41, 5.74) is 3.19. The number of para-hydroxylation sites is 2. The van der Waals surface area contributed by atoms with Crippen LogP contribution >= 0.6 is 11.3 Å². The van der Waals surface area contributed by atoms with Crippen molar-refractivity contribution < 1.29 is 4.39 Å². The third-order valence-corrected chi connectivity index (χ3v) is 5.55. The Morgan fingerprint density at radius 2 is 1.89 bits per heavy atom. The van der Waals surface area contributed by atoms with E-state index in [1.165, 1.54) is 23.5 Å². The molecule has 0 saturated carbocycles. The molecule has 2 aromatic carbocycles. The lowest BCUT2D eigenvalue weighted by atomic mass is 10.2. The van der Waals surface area contributed by atoms with E-state index in [0.717, 1.165) is 21.5 Å². The van der Waals surface area contributed by atoms with Gasteiger partial charge >= 0.3 is 0 Å². The summed E-state index contributed by atoms with van der Waals surface area (Å²) in [5, 5.41) is 0. The van der Waals surface area contributed by atoms with Crippen LogP contribution in [0.15, 0.2) is 65.7 Å². The fourth-order valence-corrected chi connectivity index (χ4v) is 4.12. The van der Waals surface area contributed by atoms with Crippen molar-refractivity contribution in [2.24, 2.45) is 0 Å². The summed E-state index contributed by atoms with van der Waals surface area (Å²) in [4.78, 5) is 25.9. The van der Waals surface area contributed by atoms with Gasteiger partial charge in [-0.2, -0.15) is 0 Å². The van der Waals surface area contributed by atoms with Gasteiger partial charge in [0.2, 0.25) is 0 Å². The van der Waals surface area contributed by atoms with Crippen LogP contribution in [0.3, 0.4) is 0 Å². The van der Waals surface area contributed by atoms with E-state index in [1.54, 1.807) is 23.0 Å². The van der Waals surface area contributed by atoms with Gasteiger partial charge in [0.1, 0.15) is 16.3 Å². The average Bonchev–Trinajstić information content (AvgIpc) is 3.28. The lowest BCUT2D eigenvalue weighted by Crippen LogP contribution is -2.20. The molecule has 0 fully saturated rings. The zero-order valence-corrected chi connectivity index (χ0v) is 14.8. The van der Waals surface area contributed by atoms with Gasteiger partial charge in [-0.25, -0.2) is 14.4 Å². The number of benzene rings is 2. The molecule has 132 valence electrons. The van der Waals surface area contributed by atoms with Gasteiger partial charge in [0.25, 0.3) is 5.56 Å². The monoisotopic (exact) mass is 376 g/mol. The van der Waals surface area contributed by atoms with Crippen LogP contribution in [-0.4, -0.2) is 19.5 Å². The SMILES string of the molecule is O=c1c2sc(-c3ccc(F)cc3)cc2ncn1Cc1nc2ccccc2[nH]1. The molecule has 3 heterocycles. The maximum Gasteiger partial charge on any atom is 0.271 e. The van der Waals surface area contributed by atoms with Crippen LogP contribution in [-0.2, 0) is 6.54 Å². The number of aromatic nitrogens is 4. The molecule has 0 saturated heterocycles. The molecule has 27 heavy (non-hydrogen) atoms. The van der Waals surface area contributed by atoms with E-state index in [1.807, 2.05) is 30.3 Å². The van der Waals surface area contributed by atoms with Crippen LogP contribution < -0.4 is 5.56 Å². The standard InChI is InChI=1S/C20H13FN4OS/c21-13-7-5-12(6-8-13)17-9-16-19(27-17)20(26)25(11-22-16)10-18-23-14-3-1-2-4-15(14)24-18/h1-9,11H,10H2,(H,23,24). The molecule has 1 N–H and O–H groups in total. The largest absolute Gasteiger partial charge is 0.340 e. The smallest absolute Gasteiger partial charge is 0.271 e. The third-order valence-electron chi connectivity index (χ3n) is 4.39. The fraction of sp³-hybridized carbons (Fsp3) is 0.0500. The first-order chi connectivity index (χ1) is 13.2. The summed E-state index contributed by atoms with van der Waals surface area (Å²) in [6.45, 7) is 0.320. The van der Waals surface area contributed by atoms with E-state index in [-0.39, 0.29) is 11.4 Å². The third kappa shape index (κ3) is 2.82. The van der Waals surface area contributed by atoms with Crippen molar-refractivity contribution in [3.8, 4) is 10.4 Å². The van der Waals surface area contributed by atoms with Gasteiger partial charge in [0, 0.05) is 4.88 Å². The highest BCUT2D eigenvalue weighted by Gasteiger charge is 2.12. The minimum Gasteiger partial charge on any atom is -0.340 e. The summed E-state index contributed by atoms with van der Waals surface area (Å²) in [7, 11) is 0. The molecule has 0 aliphatic heterocycles. The first-order valence-corrected chi connectivity index (χ1v) is 9.17. The van der Waals surface area contributed by atoms with E-state index in [0.29, 0.717) is 22.6 Å². The normalized spacial score (nSPS) is 11.4. The predicted octanol–water partition coefficient (Wildman–Crippen LogP) is 4.19. The van der Waals surface area contributed by atoms with Gasteiger partial charge in [0.05, 0.1) is 29.4 Å². The fourth-order valence-electron chi connectivity index (χ4n) is 3.06. The summed E-state index contributed by atoms with van der Waals surface area (Å²) < 4.78 is 15.3. The topological polar surface area (TPSA) is 63.6 Å². The first kappa shape index (κ1) is 15.9. The highest BCUT2D eigenvalue weighted by Crippen LogP contribution is 2.30. The van der Waals surface area contributed by atoms with E-state index >= 15 is 0 Å². The Morgan fingerprint density at radius 1 is 1.07 bits per heavy atom. The van der Waals surface area contributed by atoms with Crippen LogP contribution in [0.1, 0.15) is 5.82 Å². The Hall–Kier alpha value is -3.32. The van der Waals surface area contributed by atoms with Gasteiger partial charge in [-0.05, 0) is 35.9 Å². The molecule has 0 aliphatic rings. The first-order valence-electron chi connectivity index (χ1n) is 8.36. The van der Waals surface area contributed by atoms with Crippen LogP contribution in [0.25, 0.3) is 31.7 Å². The highest BCUT2D eigenvalue weighted by molar-refractivity contribution is 7.22. The maximum absolute atomic E-state index is 13.1. The second kappa shape index (κ2) is 6.14. The summed E-state index contributed by atoms with van der Waals surface area (Å²) in [6, 6.07) is 15.8. The van der Waals surface area contributed by atoms with Crippen molar-refractivity contribution in [3.63, 3.8) is 0 Å². The van der Waals surface area contributed by atoms with Crippen molar-refractivity contribution in [2.75, 3.05) is 0 Å².